The monoisotopic (exact) mass is 419 g/mol. The molecule has 0 radical (unpaired) electrons. The number of ether oxygens (including phenoxy) is 3. The van der Waals surface area contributed by atoms with Crippen LogP contribution in [0, 0.1) is 0 Å². The minimum Gasteiger partial charge on any atom is -0.496 e. The molecule has 0 saturated heterocycles. The normalized spacial score (nSPS) is 10.9. The second-order valence-electron chi connectivity index (χ2n) is 6.12. The van der Waals surface area contributed by atoms with Gasteiger partial charge in [0, 0.05) is 0 Å². The van der Waals surface area contributed by atoms with Gasteiger partial charge < -0.3 is 14.2 Å². The maximum absolute atomic E-state index is 13.4. The number of rotatable bonds is 10. The van der Waals surface area contributed by atoms with E-state index < -0.39 is 17.7 Å². The van der Waals surface area contributed by atoms with Crippen LogP contribution in [0.3, 0.4) is 0 Å². The zero-order valence-corrected chi connectivity index (χ0v) is 18.2. The van der Waals surface area contributed by atoms with Gasteiger partial charge >= 0.3 is 15.1 Å². The summed E-state index contributed by atoms with van der Waals surface area (Å²) in [6.07, 6.45) is 2.77. The third-order valence-electron chi connectivity index (χ3n) is 4.30. The van der Waals surface area contributed by atoms with Gasteiger partial charge in [0.15, 0.2) is 5.78 Å². The van der Waals surface area contributed by atoms with Crippen molar-refractivity contribution in [2.75, 3.05) is 20.8 Å². The zero-order chi connectivity index (χ0) is 21.6. The average molecular weight is 419 g/mol. The number of carbonyl (C=O) groups excluding carboxylic acids is 2. The summed E-state index contributed by atoms with van der Waals surface area (Å²) < 4.78 is 24.2. The molecule has 2 aromatic rings. The highest BCUT2D eigenvalue weighted by molar-refractivity contribution is 7.00. The summed E-state index contributed by atoms with van der Waals surface area (Å²) in [5, 5.41) is 0. The predicted molar refractivity (Wildman–Crippen MR) is 114 cm³/mol. The molecule has 2 unspecified atom stereocenters. The number of hydrogen-bond donors (Lipinski definition) is 0. The van der Waals surface area contributed by atoms with Crippen molar-refractivity contribution in [3.8, 4) is 11.5 Å². The van der Waals surface area contributed by atoms with Gasteiger partial charge in [-0.2, -0.15) is 0 Å². The van der Waals surface area contributed by atoms with Gasteiger partial charge in [0.25, 0.3) is 0 Å². The first-order valence-electron chi connectivity index (χ1n) is 9.34. The van der Waals surface area contributed by atoms with Crippen LogP contribution in [0.15, 0.2) is 48.5 Å². The molecular formula is C22H28O6P+. The number of benzene rings is 2. The Kier molecular flexibility index (Phi) is 11.3. The van der Waals surface area contributed by atoms with Crippen LogP contribution in [0.5, 0.6) is 11.5 Å². The lowest BCUT2D eigenvalue weighted by Crippen LogP contribution is -2.25. The molecule has 0 amide bonds. The first-order chi connectivity index (χ1) is 14.1. The Labute approximate surface area is 173 Å². The summed E-state index contributed by atoms with van der Waals surface area (Å²) in [6.45, 7) is 2.37. The second-order valence-corrected chi connectivity index (χ2v) is 6.12. The molecule has 0 aliphatic heterocycles. The van der Waals surface area contributed by atoms with Crippen molar-refractivity contribution in [1.29, 1.82) is 0 Å². The van der Waals surface area contributed by atoms with Crippen LogP contribution in [0.4, 0.5) is 0 Å². The molecule has 29 heavy (non-hydrogen) atoms. The lowest BCUT2D eigenvalue weighted by atomic mass is 9.89. The van der Waals surface area contributed by atoms with E-state index in [0.29, 0.717) is 23.7 Å². The molecule has 0 aromatic heterocycles. The van der Waals surface area contributed by atoms with E-state index in [-0.39, 0.29) is 5.56 Å². The fraction of sp³-hybridized carbons (Fsp3) is 0.364. The van der Waals surface area contributed by atoms with Crippen molar-refractivity contribution in [3.63, 3.8) is 0 Å². The number of Topliss-reactive ketones (excluding diaryl/α,β-unsaturated/α-hetero) is 1. The highest BCUT2D eigenvalue weighted by Gasteiger charge is 2.34. The second kappa shape index (κ2) is 13.5. The Bertz CT molecular complexity index is 756. The van der Waals surface area contributed by atoms with Crippen LogP contribution < -0.4 is 9.47 Å². The summed E-state index contributed by atoms with van der Waals surface area (Å²) in [5.74, 6) is -1.32. The van der Waals surface area contributed by atoms with E-state index >= 15 is 0 Å². The molecule has 0 heterocycles. The Morgan fingerprint density at radius 3 is 2.00 bits per heavy atom. The number of methoxy groups -OCH3 is 2. The van der Waals surface area contributed by atoms with Gasteiger partial charge in [0.05, 0.1) is 20.8 Å². The Balaban J connectivity index is 0.00000204. The van der Waals surface area contributed by atoms with Crippen LogP contribution in [0.2, 0.25) is 0 Å². The summed E-state index contributed by atoms with van der Waals surface area (Å²) in [6, 6.07) is 14.0. The lowest BCUT2D eigenvalue weighted by Gasteiger charge is -2.18. The molecule has 0 N–H and O–H groups in total. The minimum atomic E-state index is -1.07. The van der Waals surface area contributed by atoms with Crippen LogP contribution in [0.1, 0.15) is 48.0 Å². The zero-order valence-electron chi connectivity index (χ0n) is 17.1. The summed E-state index contributed by atoms with van der Waals surface area (Å²) in [4.78, 5) is 26.2. The van der Waals surface area contributed by atoms with Crippen LogP contribution >= 0.6 is 9.12 Å². The SMILES string of the molecule is CCCCCOC(=O)C(C(=O)c1c(OC)cccc1OC)c1ccccc1.O=[PH2+]. The lowest BCUT2D eigenvalue weighted by molar-refractivity contribution is -0.144. The quantitative estimate of drug-likeness (QED) is 0.184. The Hall–Kier alpha value is -2.72. The first kappa shape index (κ1) is 24.3. The maximum atomic E-state index is 13.4. The fourth-order valence-corrected chi connectivity index (χ4v) is 2.89. The van der Waals surface area contributed by atoms with Crippen molar-refractivity contribution in [3.05, 3.63) is 59.7 Å². The molecule has 2 rings (SSSR count). The van der Waals surface area contributed by atoms with E-state index in [1.54, 1.807) is 42.5 Å². The van der Waals surface area contributed by atoms with E-state index in [9.17, 15) is 9.59 Å². The number of esters is 1. The third-order valence-corrected chi connectivity index (χ3v) is 4.30. The van der Waals surface area contributed by atoms with E-state index in [4.69, 9.17) is 18.8 Å². The van der Waals surface area contributed by atoms with Gasteiger partial charge in [-0.05, 0) is 24.1 Å². The van der Waals surface area contributed by atoms with E-state index in [0.717, 1.165) is 19.3 Å². The first-order valence-corrected chi connectivity index (χ1v) is 9.81. The van der Waals surface area contributed by atoms with E-state index in [1.807, 2.05) is 6.07 Å². The molecular weight excluding hydrogens is 391 g/mol. The third kappa shape index (κ3) is 6.68. The molecule has 0 aliphatic carbocycles. The number of carbonyl (C=O) groups is 2. The molecule has 0 saturated carbocycles. The van der Waals surface area contributed by atoms with Crippen LogP contribution in [-0.2, 0) is 14.1 Å². The van der Waals surface area contributed by atoms with Gasteiger partial charge in [0.2, 0.25) is 0 Å². The highest BCUT2D eigenvalue weighted by Crippen LogP contribution is 2.34. The van der Waals surface area contributed by atoms with Gasteiger partial charge in [-0.3, -0.25) is 9.59 Å². The van der Waals surface area contributed by atoms with Crippen molar-refractivity contribution < 1.29 is 28.4 Å². The molecule has 0 spiro atoms. The van der Waals surface area contributed by atoms with Crippen molar-refractivity contribution in [2.45, 2.75) is 32.1 Å². The van der Waals surface area contributed by atoms with Crippen molar-refractivity contribution in [1.82, 2.24) is 0 Å². The van der Waals surface area contributed by atoms with Crippen molar-refractivity contribution in [2.24, 2.45) is 0 Å². The largest absolute Gasteiger partial charge is 0.496 e. The maximum Gasteiger partial charge on any atom is 0.321 e. The van der Waals surface area contributed by atoms with Gasteiger partial charge in [0.1, 0.15) is 23.0 Å². The molecule has 0 fully saturated rings. The Morgan fingerprint density at radius 2 is 1.48 bits per heavy atom. The smallest absolute Gasteiger partial charge is 0.321 e. The highest BCUT2D eigenvalue weighted by atomic mass is 31.0. The van der Waals surface area contributed by atoms with Gasteiger partial charge in [-0.15, -0.1) is 0 Å². The Morgan fingerprint density at radius 1 is 0.897 bits per heavy atom. The van der Waals surface area contributed by atoms with Gasteiger partial charge in [-0.1, -0.05) is 60.7 Å². The summed E-state index contributed by atoms with van der Waals surface area (Å²) >= 11 is 0. The molecule has 2 aromatic carbocycles. The summed E-state index contributed by atoms with van der Waals surface area (Å²) in [5.41, 5.74) is 0.817. The summed E-state index contributed by atoms with van der Waals surface area (Å²) in [7, 11) is 4.12. The number of hydrogen-bond acceptors (Lipinski definition) is 6. The van der Waals surface area contributed by atoms with Crippen molar-refractivity contribution >= 4 is 20.9 Å². The van der Waals surface area contributed by atoms with E-state index in [2.05, 4.69) is 6.92 Å². The average Bonchev–Trinajstić information content (AvgIpc) is 2.78. The molecule has 0 bridgehead atoms. The van der Waals surface area contributed by atoms with Crippen LogP contribution in [-0.4, -0.2) is 32.6 Å². The molecule has 7 heteroatoms. The number of ketones is 1. The fourth-order valence-electron chi connectivity index (χ4n) is 2.89. The number of unbranched alkanes of at least 4 members (excludes halogenated alkanes) is 2. The van der Waals surface area contributed by atoms with Crippen LogP contribution in [0.25, 0.3) is 0 Å². The standard InChI is InChI=1S/C22H26O5.H2OP/c1-4-5-9-15-27-22(24)19(16-11-7-6-8-12-16)21(23)20-17(25-2)13-10-14-18(20)26-3;1-2/h6-8,10-14,19H,4-5,9,15H2,1-3H3;2H2/q;+1. The molecule has 6 nitrogen and oxygen atoms in total. The molecule has 156 valence electrons. The van der Waals surface area contributed by atoms with Gasteiger partial charge in [-0.25, -0.2) is 0 Å². The topological polar surface area (TPSA) is 78.9 Å². The molecule has 0 aliphatic rings. The predicted octanol–water partition coefficient (Wildman–Crippen LogP) is 4.61. The molecule has 2 atom stereocenters. The van der Waals surface area contributed by atoms with E-state index in [1.165, 1.54) is 23.3 Å². The minimum absolute atomic E-state index is 0.238.